The number of rotatable bonds is 2. The fourth-order valence-electron chi connectivity index (χ4n) is 2.02. The minimum absolute atomic E-state index is 0.171. The summed E-state index contributed by atoms with van der Waals surface area (Å²) in [4.78, 5) is 11.7. The number of piperidine rings is 1. The molecule has 5 nitrogen and oxygen atoms in total. The normalized spacial score (nSPS) is 20.6. The van der Waals surface area contributed by atoms with Crippen LogP contribution in [0.25, 0.3) is 0 Å². The van der Waals surface area contributed by atoms with Gasteiger partial charge >= 0.3 is 0 Å². The lowest BCUT2D eigenvalue weighted by Gasteiger charge is -2.34. The number of Topliss-reactive ketones (excluding diaryl/α,β-unsaturated/α-hetero) is 1. The number of ketones is 1. The quantitative estimate of drug-likeness (QED) is 0.717. The van der Waals surface area contributed by atoms with Crippen molar-refractivity contribution >= 4 is 5.78 Å². The molecule has 0 amide bonds. The Morgan fingerprint density at radius 3 is 2.71 bits per heavy atom. The Labute approximate surface area is 82.5 Å². The largest absolute Gasteiger partial charge is 0.317 e. The number of nitrogens with zero attached hydrogens (tertiary/aromatic N) is 3. The average molecular weight is 194 g/mol. The molecule has 0 aromatic carbocycles. The summed E-state index contributed by atoms with van der Waals surface area (Å²) in [7, 11) is 0. The maximum atomic E-state index is 11.7. The van der Waals surface area contributed by atoms with E-state index in [9.17, 15) is 4.79 Å². The van der Waals surface area contributed by atoms with Crippen LogP contribution in [0.4, 0.5) is 0 Å². The molecule has 0 bridgehead atoms. The van der Waals surface area contributed by atoms with Crippen molar-refractivity contribution in [1.29, 1.82) is 0 Å². The van der Waals surface area contributed by atoms with E-state index in [4.69, 9.17) is 0 Å². The fraction of sp³-hybridized carbons (Fsp3) is 0.667. The minimum Gasteiger partial charge on any atom is -0.317 e. The van der Waals surface area contributed by atoms with Crippen molar-refractivity contribution in [3.05, 3.63) is 12.4 Å². The molecular formula is C9H14N4O. The van der Waals surface area contributed by atoms with E-state index in [1.54, 1.807) is 24.0 Å². The second-order valence-corrected chi connectivity index (χ2v) is 3.69. The first-order valence-electron chi connectivity index (χ1n) is 4.84. The van der Waals surface area contributed by atoms with Crippen molar-refractivity contribution in [2.24, 2.45) is 0 Å². The molecule has 0 saturated carbocycles. The molecule has 1 aromatic rings. The van der Waals surface area contributed by atoms with Gasteiger partial charge in [0.1, 0.15) is 5.54 Å². The van der Waals surface area contributed by atoms with Gasteiger partial charge in [-0.3, -0.25) is 4.79 Å². The van der Waals surface area contributed by atoms with Crippen LogP contribution in [-0.2, 0) is 10.3 Å². The van der Waals surface area contributed by atoms with Gasteiger partial charge in [-0.2, -0.15) is 0 Å². The van der Waals surface area contributed by atoms with Gasteiger partial charge < -0.3 is 5.32 Å². The highest BCUT2D eigenvalue weighted by atomic mass is 16.1. The molecule has 2 heterocycles. The molecule has 0 unspecified atom stereocenters. The molecule has 1 aliphatic heterocycles. The summed E-state index contributed by atoms with van der Waals surface area (Å²) in [5.74, 6) is 0.171. The topological polar surface area (TPSA) is 59.8 Å². The number of carbonyl (C=O) groups excluding carboxylic acids is 1. The molecule has 1 aliphatic rings. The molecule has 14 heavy (non-hydrogen) atoms. The van der Waals surface area contributed by atoms with E-state index < -0.39 is 5.54 Å². The zero-order valence-corrected chi connectivity index (χ0v) is 8.23. The molecule has 0 atom stereocenters. The van der Waals surface area contributed by atoms with Crippen molar-refractivity contribution in [1.82, 2.24) is 20.3 Å². The van der Waals surface area contributed by atoms with E-state index in [-0.39, 0.29) is 5.78 Å². The van der Waals surface area contributed by atoms with Crippen LogP contribution < -0.4 is 5.32 Å². The molecule has 5 heteroatoms. The van der Waals surface area contributed by atoms with E-state index >= 15 is 0 Å². The van der Waals surface area contributed by atoms with Gasteiger partial charge in [-0.05, 0) is 32.9 Å². The van der Waals surface area contributed by atoms with E-state index in [0.717, 1.165) is 25.9 Å². The van der Waals surface area contributed by atoms with Gasteiger partial charge in [0.25, 0.3) is 0 Å². The summed E-state index contributed by atoms with van der Waals surface area (Å²) in [5.41, 5.74) is -0.457. The van der Waals surface area contributed by atoms with Gasteiger partial charge in [-0.25, -0.2) is 4.68 Å². The lowest BCUT2D eigenvalue weighted by atomic mass is 9.85. The smallest absolute Gasteiger partial charge is 0.157 e. The highest BCUT2D eigenvalue weighted by molar-refractivity contribution is 5.84. The van der Waals surface area contributed by atoms with Crippen molar-refractivity contribution < 1.29 is 4.79 Å². The molecule has 0 spiro atoms. The maximum Gasteiger partial charge on any atom is 0.157 e. The predicted molar refractivity (Wildman–Crippen MR) is 50.8 cm³/mol. The van der Waals surface area contributed by atoms with Crippen LogP contribution in [0.15, 0.2) is 12.4 Å². The first-order chi connectivity index (χ1) is 6.76. The predicted octanol–water partition coefficient (Wildman–Crippen LogP) is -0.0542. The minimum atomic E-state index is -0.457. The van der Waals surface area contributed by atoms with Crippen LogP contribution in [0, 0.1) is 0 Å². The van der Waals surface area contributed by atoms with Gasteiger partial charge in [0.05, 0.1) is 6.20 Å². The van der Waals surface area contributed by atoms with Crippen molar-refractivity contribution in [2.75, 3.05) is 13.1 Å². The van der Waals surface area contributed by atoms with Crippen LogP contribution in [0.3, 0.4) is 0 Å². The van der Waals surface area contributed by atoms with E-state index in [1.807, 2.05) is 0 Å². The molecule has 0 radical (unpaired) electrons. The summed E-state index contributed by atoms with van der Waals surface area (Å²) < 4.78 is 1.70. The van der Waals surface area contributed by atoms with Crippen LogP contribution in [0.5, 0.6) is 0 Å². The standard InChI is InChI=1S/C9H14N4O/c1-8(14)9(2-4-10-5-3-9)13-7-6-11-12-13/h6-7,10H,2-5H2,1H3. The Hall–Kier alpha value is -1.23. The highest BCUT2D eigenvalue weighted by Gasteiger charge is 2.39. The molecule has 2 rings (SSSR count). The molecule has 0 aliphatic carbocycles. The third-order valence-corrected chi connectivity index (χ3v) is 2.95. The molecule has 1 aromatic heterocycles. The lowest BCUT2D eigenvalue weighted by Crippen LogP contribution is -2.49. The fourth-order valence-corrected chi connectivity index (χ4v) is 2.02. The number of carbonyl (C=O) groups is 1. The van der Waals surface area contributed by atoms with Gasteiger partial charge in [-0.1, -0.05) is 5.21 Å². The second-order valence-electron chi connectivity index (χ2n) is 3.69. The van der Waals surface area contributed by atoms with E-state index in [0.29, 0.717) is 0 Å². The Morgan fingerprint density at radius 2 is 2.21 bits per heavy atom. The monoisotopic (exact) mass is 194 g/mol. The van der Waals surface area contributed by atoms with Crippen LogP contribution in [0.1, 0.15) is 19.8 Å². The second kappa shape index (κ2) is 3.49. The van der Waals surface area contributed by atoms with Gasteiger partial charge in [-0.15, -0.1) is 5.10 Å². The summed E-state index contributed by atoms with van der Waals surface area (Å²) in [6.07, 6.45) is 4.98. The number of hydrogen-bond donors (Lipinski definition) is 1. The average Bonchev–Trinajstić information content (AvgIpc) is 2.72. The van der Waals surface area contributed by atoms with Crippen molar-refractivity contribution in [3.8, 4) is 0 Å². The molecule has 1 fully saturated rings. The van der Waals surface area contributed by atoms with Crippen molar-refractivity contribution in [2.45, 2.75) is 25.3 Å². The third-order valence-electron chi connectivity index (χ3n) is 2.95. The summed E-state index contributed by atoms with van der Waals surface area (Å²) >= 11 is 0. The highest BCUT2D eigenvalue weighted by Crippen LogP contribution is 2.27. The molecular weight excluding hydrogens is 180 g/mol. The van der Waals surface area contributed by atoms with Gasteiger partial charge in [0.2, 0.25) is 0 Å². The molecule has 1 saturated heterocycles. The van der Waals surface area contributed by atoms with Crippen LogP contribution in [-0.4, -0.2) is 33.9 Å². The molecule has 1 N–H and O–H groups in total. The van der Waals surface area contributed by atoms with Crippen LogP contribution in [0.2, 0.25) is 0 Å². The Balaban J connectivity index is 2.35. The first-order valence-corrected chi connectivity index (χ1v) is 4.84. The first kappa shape index (κ1) is 9.33. The zero-order chi connectivity index (χ0) is 10.0. The number of aromatic nitrogens is 3. The summed E-state index contributed by atoms with van der Waals surface area (Å²) in [6.45, 7) is 3.35. The van der Waals surface area contributed by atoms with Crippen LogP contribution >= 0.6 is 0 Å². The Kier molecular flexibility index (Phi) is 2.33. The van der Waals surface area contributed by atoms with Gasteiger partial charge in [0.15, 0.2) is 5.78 Å². The molecule has 76 valence electrons. The summed E-state index contributed by atoms with van der Waals surface area (Å²) in [5, 5.41) is 11.0. The third kappa shape index (κ3) is 1.33. The SMILES string of the molecule is CC(=O)C1(n2ccnn2)CCNCC1. The van der Waals surface area contributed by atoms with E-state index in [2.05, 4.69) is 15.6 Å². The van der Waals surface area contributed by atoms with Crippen molar-refractivity contribution in [3.63, 3.8) is 0 Å². The lowest BCUT2D eigenvalue weighted by molar-refractivity contribution is -0.127. The number of hydrogen-bond acceptors (Lipinski definition) is 4. The van der Waals surface area contributed by atoms with Gasteiger partial charge in [0, 0.05) is 6.20 Å². The zero-order valence-electron chi connectivity index (χ0n) is 8.23. The summed E-state index contributed by atoms with van der Waals surface area (Å²) in [6, 6.07) is 0. The maximum absolute atomic E-state index is 11.7. The number of nitrogens with one attached hydrogen (secondary N) is 1. The Morgan fingerprint density at radius 1 is 1.50 bits per heavy atom. The van der Waals surface area contributed by atoms with E-state index in [1.165, 1.54) is 0 Å². The Bertz CT molecular complexity index is 314.